The van der Waals surface area contributed by atoms with E-state index in [0.717, 1.165) is 93.2 Å². The van der Waals surface area contributed by atoms with E-state index < -0.39 is 12.6 Å². The molecule has 3 fully saturated rings. The van der Waals surface area contributed by atoms with Crippen LogP contribution < -0.4 is 18.9 Å². The van der Waals surface area contributed by atoms with Gasteiger partial charge in [-0.25, -0.2) is 0 Å². The molecule has 2 N–H and O–H groups in total. The minimum atomic E-state index is -0.548. The van der Waals surface area contributed by atoms with Crippen molar-refractivity contribution in [1.29, 1.82) is 0 Å². The van der Waals surface area contributed by atoms with Crippen LogP contribution in [0.2, 0.25) is 0 Å². The molecule has 0 radical (unpaired) electrons. The predicted molar refractivity (Wildman–Crippen MR) is 305 cm³/mol. The summed E-state index contributed by atoms with van der Waals surface area (Å²) >= 11 is 0. The Morgan fingerprint density at radius 3 is 1.25 bits per heavy atom. The summed E-state index contributed by atoms with van der Waals surface area (Å²) in [6.45, 7) is 13.8. The summed E-state index contributed by atoms with van der Waals surface area (Å²) < 4.78 is 38.4. The fourth-order valence-corrected chi connectivity index (χ4v) is 12.6. The third kappa shape index (κ3) is 14.0. The zero-order valence-electron chi connectivity index (χ0n) is 46.4. The molecule has 3 aliphatic rings. The molecule has 76 heavy (non-hydrogen) atoms. The summed E-state index contributed by atoms with van der Waals surface area (Å²) in [7, 11) is 0. The molecule has 3 saturated carbocycles. The molecule has 9 rings (SSSR count). The summed E-state index contributed by atoms with van der Waals surface area (Å²) in [6, 6.07) is 38.2. The first kappa shape index (κ1) is 54.8. The van der Waals surface area contributed by atoms with Crippen molar-refractivity contribution in [3.8, 4) is 34.5 Å². The van der Waals surface area contributed by atoms with Crippen molar-refractivity contribution in [2.75, 3.05) is 26.4 Å². The second-order valence-corrected chi connectivity index (χ2v) is 22.4. The summed E-state index contributed by atoms with van der Waals surface area (Å²) in [6.07, 6.45) is 18.3. The molecule has 0 saturated heterocycles. The van der Waals surface area contributed by atoms with Gasteiger partial charge in [-0.2, -0.15) is 0 Å². The van der Waals surface area contributed by atoms with E-state index in [-0.39, 0.29) is 16.9 Å². The van der Waals surface area contributed by atoms with Gasteiger partial charge in [0.15, 0.2) is 12.6 Å². The van der Waals surface area contributed by atoms with Gasteiger partial charge in [0.1, 0.15) is 47.7 Å². The van der Waals surface area contributed by atoms with Crippen LogP contribution in [0.3, 0.4) is 0 Å². The third-order valence-electron chi connectivity index (χ3n) is 16.6. The Bertz CT molecular complexity index is 2630. The number of phenols is 2. The molecule has 8 nitrogen and oxygen atoms in total. The van der Waals surface area contributed by atoms with Gasteiger partial charge >= 0.3 is 0 Å². The van der Waals surface area contributed by atoms with E-state index in [1.165, 1.54) is 92.9 Å². The van der Waals surface area contributed by atoms with Crippen molar-refractivity contribution in [2.45, 2.75) is 181 Å². The maximum Gasteiger partial charge on any atom is 0.197 e. The Kier molecular flexibility index (Phi) is 18.7. The van der Waals surface area contributed by atoms with Gasteiger partial charge in [-0.05, 0) is 184 Å². The zero-order valence-corrected chi connectivity index (χ0v) is 46.4. The Balaban J connectivity index is 0.953. The monoisotopic (exact) mass is 1030 g/mol. The maximum absolute atomic E-state index is 11.2. The highest BCUT2D eigenvalue weighted by molar-refractivity contribution is 5.56. The third-order valence-corrected chi connectivity index (χ3v) is 16.6. The van der Waals surface area contributed by atoms with Crippen molar-refractivity contribution in [3.63, 3.8) is 0 Å². The van der Waals surface area contributed by atoms with Crippen molar-refractivity contribution in [1.82, 2.24) is 0 Å². The first-order valence-corrected chi connectivity index (χ1v) is 28.8. The second-order valence-electron chi connectivity index (χ2n) is 22.4. The van der Waals surface area contributed by atoms with E-state index in [0.29, 0.717) is 51.1 Å². The van der Waals surface area contributed by atoms with Crippen LogP contribution in [0.25, 0.3) is 0 Å². The van der Waals surface area contributed by atoms with E-state index in [9.17, 15) is 10.2 Å². The van der Waals surface area contributed by atoms with Crippen molar-refractivity contribution in [3.05, 3.63) is 176 Å². The second kappa shape index (κ2) is 25.9. The van der Waals surface area contributed by atoms with Crippen LogP contribution in [-0.4, -0.2) is 49.2 Å². The number of aromatic hydroxyl groups is 2. The van der Waals surface area contributed by atoms with Crippen LogP contribution in [0.5, 0.6) is 34.5 Å². The van der Waals surface area contributed by atoms with Crippen LogP contribution in [0.15, 0.2) is 109 Å². The van der Waals surface area contributed by atoms with Gasteiger partial charge in [-0.15, -0.1) is 0 Å². The number of phenolic OH excluding ortho intramolecular Hbond substituents is 2. The molecule has 0 aromatic heterocycles. The molecule has 3 aliphatic carbocycles. The highest BCUT2D eigenvalue weighted by Crippen LogP contribution is 2.49. The molecule has 2 unspecified atom stereocenters. The fraction of sp³-hybridized carbons (Fsp3) is 0.471. The van der Waals surface area contributed by atoms with Crippen LogP contribution in [0.4, 0.5) is 0 Å². The number of hydrogen-bond acceptors (Lipinski definition) is 8. The van der Waals surface area contributed by atoms with E-state index in [2.05, 4.69) is 113 Å². The Morgan fingerprint density at radius 1 is 0.447 bits per heavy atom. The molecule has 2 atom stereocenters. The minimum Gasteiger partial charge on any atom is -0.508 e. The summed E-state index contributed by atoms with van der Waals surface area (Å²) in [5.41, 5.74) is 12.9. The quantitative estimate of drug-likeness (QED) is 0.0513. The van der Waals surface area contributed by atoms with E-state index in [4.69, 9.17) is 28.4 Å². The maximum atomic E-state index is 11.2. The average molecular weight is 1030 g/mol. The smallest absolute Gasteiger partial charge is 0.197 e. The van der Waals surface area contributed by atoms with Crippen molar-refractivity contribution >= 4 is 0 Å². The van der Waals surface area contributed by atoms with Gasteiger partial charge in [0, 0.05) is 18.3 Å². The first-order chi connectivity index (χ1) is 36.9. The van der Waals surface area contributed by atoms with Gasteiger partial charge in [-0.3, -0.25) is 0 Å². The molecule has 6 aromatic rings. The van der Waals surface area contributed by atoms with Gasteiger partial charge in [-0.1, -0.05) is 142 Å². The molecular formula is C68H84O8. The summed E-state index contributed by atoms with van der Waals surface area (Å²) in [5, 5.41) is 22.5. The van der Waals surface area contributed by atoms with Gasteiger partial charge in [0.05, 0.1) is 13.2 Å². The van der Waals surface area contributed by atoms with E-state index in [1.807, 2.05) is 26.0 Å². The molecule has 0 aliphatic heterocycles. The number of benzene rings is 6. The molecule has 0 amide bonds. The number of aryl methyl sites for hydroxylation is 4. The number of rotatable bonds is 22. The fourth-order valence-electron chi connectivity index (χ4n) is 12.6. The lowest BCUT2D eigenvalue weighted by atomic mass is 9.64. The SMILES string of the molecule is Cc1ccc(O)c(Cc2cc(C3(c4cc(C)c(OC(C)OCCOc5ccc(C6CCCCC6)cc5)c(Cc5cc(C)ccc5O)c4)CCCCC3)cc(C)c2OC(C)OCCOc2ccc(C3CCCCC3)cc2)c1. The molecule has 0 spiro atoms. The molecule has 0 bridgehead atoms. The average Bonchev–Trinajstić information content (AvgIpc) is 3.44. The highest BCUT2D eigenvalue weighted by Gasteiger charge is 2.38. The Hall–Kier alpha value is -5.96. The van der Waals surface area contributed by atoms with Crippen LogP contribution in [-0.2, 0) is 27.7 Å². The van der Waals surface area contributed by atoms with Crippen molar-refractivity contribution < 1.29 is 38.6 Å². The number of ether oxygens (including phenoxy) is 6. The Labute approximate surface area is 454 Å². The standard InChI is InChI=1S/C68H84O8/c1-46-20-30-64(69)56(38-46)42-58-44-60(40-48(3)66(58)75-50(5)71-34-36-73-62-26-22-54(23-27-62)52-16-10-7-11-17-52)68(32-14-9-15-33-68)61-41-49(4)67(59(45-61)43-57-39-47(2)21-31-65(57)70)76-51(6)72-35-37-74-63-28-24-55(25-29-63)53-18-12-8-13-19-53/h20-31,38-41,44-45,50-53,69-70H,7-19,32-37,42-43H2,1-6H3. The highest BCUT2D eigenvalue weighted by atomic mass is 16.7. The lowest BCUT2D eigenvalue weighted by Crippen LogP contribution is -2.31. The largest absolute Gasteiger partial charge is 0.508 e. The molecule has 6 aromatic carbocycles. The van der Waals surface area contributed by atoms with Crippen LogP contribution in [0, 0.1) is 27.7 Å². The number of hydrogen-bond donors (Lipinski definition) is 2. The van der Waals surface area contributed by atoms with Gasteiger partial charge < -0.3 is 38.6 Å². The zero-order chi connectivity index (χ0) is 53.0. The van der Waals surface area contributed by atoms with Gasteiger partial charge in [0.25, 0.3) is 0 Å². The van der Waals surface area contributed by atoms with Crippen LogP contribution in [0.1, 0.15) is 189 Å². The topological polar surface area (TPSA) is 95.8 Å². The predicted octanol–water partition coefficient (Wildman–Crippen LogP) is 16.5. The summed E-state index contributed by atoms with van der Waals surface area (Å²) in [4.78, 5) is 0. The van der Waals surface area contributed by atoms with E-state index in [1.54, 1.807) is 12.1 Å². The molecular weight excluding hydrogens is 945 g/mol. The Morgan fingerprint density at radius 2 is 0.842 bits per heavy atom. The molecule has 404 valence electrons. The van der Waals surface area contributed by atoms with Crippen molar-refractivity contribution in [2.24, 2.45) is 0 Å². The summed E-state index contributed by atoms with van der Waals surface area (Å²) in [5.74, 6) is 5.09. The lowest BCUT2D eigenvalue weighted by molar-refractivity contribution is -0.0747. The van der Waals surface area contributed by atoms with E-state index >= 15 is 0 Å². The first-order valence-electron chi connectivity index (χ1n) is 28.8. The molecule has 0 heterocycles. The van der Waals surface area contributed by atoms with Gasteiger partial charge in [0.2, 0.25) is 0 Å². The lowest BCUT2D eigenvalue weighted by Gasteiger charge is -2.40. The van der Waals surface area contributed by atoms with Crippen LogP contribution >= 0.6 is 0 Å². The normalized spacial score (nSPS) is 17.0. The minimum absolute atomic E-state index is 0.264. The molecule has 8 heteroatoms.